The highest BCUT2D eigenvalue weighted by Gasteiger charge is 2.33. The summed E-state index contributed by atoms with van der Waals surface area (Å²) in [6.45, 7) is 5.52. The van der Waals surface area contributed by atoms with Gasteiger partial charge in [-0.15, -0.1) is 0 Å². The standard InChI is InChI=1S/C17H27N3O3S/c1-13-4-8-19(9-5-13)15-6-10-20(11-7-15)24(22,23)17-12-14(18)2-3-16(17)21/h2-3,12-13,15,21H,4-11,18H2,1H3. The number of phenolic OH excluding ortho intramolecular Hbond substituents is 1. The Morgan fingerprint density at radius 2 is 1.71 bits per heavy atom. The number of nitrogen functional groups attached to an aromatic ring is 1. The second-order valence-electron chi connectivity index (χ2n) is 7.08. The van der Waals surface area contributed by atoms with Crippen LogP contribution >= 0.6 is 0 Å². The van der Waals surface area contributed by atoms with Crippen molar-refractivity contribution in [2.75, 3.05) is 31.9 Å². The summed E-state index contributed by atoms with van der Waals surface area (Å²) in [6, 6.07) is 4.64. The summed E-state index contributed by atoms with van der Waals surface area (Å²) in [5, 5.41) is 9.91. The van der Waals surface area contributed by atoms with E-state index in [4.69, 9.17) is 5.73 Å². The van der Waals surface area contributed by atoms with Crippen LogP contribution in [0.2, 0.25) is 0 Å². The zero-order valence-electron chi connectivity index (χ0n) is 14.2. The molecule has 0 radical (unpaired) electrons. The second-order valence-corrected chi connectivity index (χ2v) is 8.99. The molecule has 3 N–H and O–H groups in total. The van der Waals surface area contributed by atoms with E-state index in [2.05, 4.69) is 11.8 Å². The van der Waals surface area contributed by atoms with Gasteiger partial charge < -0.3 is 15.7 Å². The van der Waals surface area contributed by atoms with E-state index in [-0.39, 0.29) is 10.6 Å². The molecule has 2 saturated heterocycles. The molecule has 1 aromatic rings. The smallest absolute Gasteiger partial charge is 0.246 e. The quantitative estimate of drug-likeness (QED) is 0.640. The average Bonchev–Trinajstić information content (AvgIpc) is 2.58. The Labute approximate surface area is 144 Å². The van der Waals surface area contributed by atoms with Gasteiger partial charge in [0.2, 0.25) is 10.0 Å². The number of piperidine rings is 2. The maximum atomic E-state index is 12.8. The summed E-state index contributed by atoms with van der Waals surface area (Å²) in [5.74, 6) is 0.560. The molecule has 2 heterocycles. The molecule has 0 aliphatic carbocycles. The van der Waals surface area contributed by atoms with Gasteiger partial charge in [0.25, 0.3) is 0 Å². The molecule has 2 aliphatic heterocycles. The molecule has 0 aromatic heterocycles. The summed E-state index contributed by atoms with van der Waals surface area (Å²) < 4.78 is 27.0. The predicted octanol–water partition coefficient (Wildman–Crippen LogP) is 1.86. The number of likely N-dealkylation sites (tertiary alicyclic amines) is 1. The normalized spacial score (nSPS) is 22.7. The summed E-state index contributed by atoms with van der Waals surface area (Å²) in [5.41, 5.74) is 6.02. The highest BCUT2D eigenvalue weighted by atomic mass is 32.2. The van der Waals surface area contributed by atoms with Crippen LogP contribution in [-0.4, -0.2) is 55.0 Å². The summed E-state index contributed by atoms with van der Waals surface area (Å²) >= 11 is 0. The summed E-state index contributed by atoms with van der Waals surface area (Å²) in [6.07, 6.45) is 4.15. The van der Waals surface area contributed by atoms with E-state index in [0.717, 1.165) is 31.8 Å². The molecule has 0 spiro atoms. The predicted molar refractivity (Wildman–Crippen MR) is 94.3 cm³/mol. The van der Waals surface area contributed by atoms with Crippen molar-refractivity contribution in [1.29, 1.82) is 0 Å². The largest absolute Gasteiger partial charge is 0.507 e. The van der Waals surface area contributed by atoms with Crippen LogP contribution in [0.1, 0.15) is 32.6 Å². The molecule has 0 amide bonds. The van der Waals surface area contributed by atoms with Gasteiger partial charge >= 0.3 is 0 Å². The molecule has 134 valence electrons. The van der Waals surface area contributed by atoms with Gasteiger partial charge in [-0.1, -0.05) is 6.92 Å². The van der Waals surface area contributed by atoms with Crippen molar-refractivity contribution in [2.45, 2.75) is 43.5 Å². The van der Waals surface area contributed by atoms with Gasteiger partial charge in [-0.25, -0.2) is 8.42 Å². The maximum Gasteiger partial charge on any atom is 0.246 e. The number of rotatable bonds is 3. The number of hydrogen-bond donors (Lipinski definition) is 2. The zero-order chi connectivity index (χ0) is 17.3. The van der Waals surface area contributed by atoms with Crippen molar-refractivity contribution in [2.24, 2.45) is 5.92 Å². The molecule has 0 unspecified atom stereocenters. The first kappa shape index (κ1) is 17.5. The fraction of sp³-hybridized carbons (Fsp3) is 0.647. The molecule has 0 atom stereocenters. The molecule has 3 rings (SSSR count). The first-order chi connectivity index (χ1) is 11.4. The van der Waals surface area contributed by atoms with E-state index >= 15 is 0 Å². The zero-order valence-corrected chi connectivity index (χ0v) is 15.0. The first-order valence-electron chi connectivity index (χ1n) is 8.70. The van der Waals surface area contributed by atoms with Crippen molar-refractivity contribution >= 4 is 15.7 Å². The van der Waals surface area contributed by atoms with E-state index in [1.54, 1.807) is 0 Å². The van der Waals surface area contributed by atoms with Crippen LogP contribution in [0.4, 0.5) is 5.69 Å². The molecule has 0 bridgehead atoms. The Balaban J connectivity index is 1.66. The van der Waals surface area contributed by atoms with Crippen molar-refractivity contribution in [3.8, 4) is 5.75 Å². The third-order valence-corrected chi connectivity index (χ3v) is 7.29. The van der Waals surface area contributed by atoms with E-state index < -0.39 is 10.0 Å². The van der Waals surface area contributed by atoms with Gasteiger partial charge in [-0.05, 0) is 62.9 Å². The topological polar surface area (TPSA) is 86.9 Å². The number of benzene rings is 1. The Morgan fingerprint density at radius 1 is 1.08 bits per heavy atom. The lowest BCUT2D eigenvalue weighted by Gasteiger charge is -2.41. The summed E-state index contributed by atoms with van der Waals surface area (Å²) in [7, 11) is -3.69. The molecule has 2 fully saturated rings. The van der Waals surface area contributed by atoms with Crippen LogP contribution in [0.5, 0.6) is 5.75 Å². The summed E-state index contributed by atoms with van der Waals surface area (Å²) in [4.78, 5) is 2.43. The van der Waals surface area contributed by atoms with E-state index in [0.29, 0.717) is 24.8 Å². The van der Waals surface area contributed by atoms with Crippen LogP contribution < -0.4 is 5.73 Å². The average molecular weight is 353 g/mol. The van der Waals surface area contributed by atoms with Crippen LogP contribution in [0.25, 0.3) is 0 Å². The van der Waals surface area contributed by atoms with Crippen molar-refractivity contribution in [1.82, 2.24) is 9.21 Å². The molecule has 6 nitrogen and oxygen atoms in total. The van der Waals surface area contributed by atoms with Crippen LogP contribution in [0.15, 0.2) is 23.1 Å². The van der Waals surface area contributed by atoms with E-state index in [1.807, 2.05) is 0 Å². The van der Waals surface area contributed by atoms with Gasteiger partial charge in [-0.3, -0.25) is 0 Å². The highest BCUT2D eigenvalue weighted by Crippen LogP contribution is 2.31. The van der Waals surface area contributed by atoms with E-state index in [9.17, 15) is 13.5 Å². The Morgan fingerprint density at radius 3 is 2.33 bits per heavy atom. The van der Waals surface area contributed by atoms with Gasteiger partial charge in [0, 0.05) is 24.8 Å². The molecular formula is C17H27N3O3S. The van der Waals surface area contributed by atoms with Crippen LogP contribution in [0, 0.1) is 5.92 Å². The lowest BCUT2D eigenvalue weighted by Crippen LogP contribution is -2.48. The first-order valence-corrected chi connectivity index (χ1v) is 10.1. The monoisotopic (exact) mass is 353 g/mol. The Hall–Kier alpha value is -1.31. The molecule has 1 aromatic carbocycles. The fourth-order valence-corrected chi connectivity index (χ4v) is 5.30. The minimum Gasteiger partial charge on any atom is -0.507 e. The van der Waals surface area contributed by atoms with Gasteiger partial charge in [0.15, 0.2) is 0 Å². The molecule has 2 aliphatic rings. The number of phenols is 1. The minimum atomic E-state index is -3.69. The SMILES string of the molecule is CC1CCN(C2CCN(S(=O)(=O)c3cc(N)ccc3O)CC2)CC1. The number of nitrogens with zero attached hydrogens (tertiary/aromatic N) is 2. The second kappa shape index (κ2) is 6.90. The number of hydrogen-bond acceptors (Lipinski definition) is 5. The molecule has 7 heteroatoms. The minimum absolute atomic E-state index is 0.0900. The number of nitrogens with two attached hydrogens (primary N) is 1. The molecule has 24 heavy (non-hydrogen) atoms. The van der Waals surface area contributed by atoms with Gasteiger partial charge in [0.1, 0.15) is 10.6 Å². The molecular weight excluding hydrogens is 326 g/mol. The fourth-order valence-electron chi connectivity index (χ4n) is 3.72. The number of anilines is 1. The number of aromatic hydroxyl groups is 1. The lowest BCUT2D eigenvalue weighted by atomic mass is 9.95. The third kappa shape index (κ3) is 3.53. The third-order valence-electron chi connectivity index (χ3n) is 5.36. The lowest BCUT2D eigenvalue weighted by molar-refractivity contribution is 0.101. The van der Waals surface area contributed by atoms with Crippen LogP contribution in [-0.2, 0) is 10.0 Å². The Bertz CT molecular complexity index is 676. The number of sulfonamides is 1. The van der Waals surface area contributed by atoms with Crippen molar-refractivity contribution in [3.63, 3.8) is 0 Å². The molecule has 0 saturated carbocycles. The van der Waals surface area contributed by atoms with Crippen molar-refractivity contribution in [3.05, 3.63) is 18.2 Å². The highest BCUT2D eigenvalue weighted by molar-refractivity contribution is 7.89. The van der Waals surface area contributed by atoms with E-state index in [1.165, 1.54) is 35.3 Å². The maximum absolute atomic E-state index is 12.8. The Kier molecular flexibility index (Phi) is 5.03. The van der Waals surface area contributed by atoms with Gasteiger partial charge in [0.05, 0.1) is 0 Å². The van der Waals surface area contributed by atoms with Crippen molar-refractivity contribution < 1.29 is 13.5 Å². The van der Waals surface area contributed by atoms with Gasteiger partial charge in [-0.2, -0.15) is 4.31 Å². The van der Waals surface area contributed by atoms with Crippen LogP contribution in [0.3, 0.4) is 0 Å².